The van der Waals surface area contributed by atoms with Crippen LogP contribution in [0.4, 0.5) is 23.5 Å². The summed E-state index contributed by atoms with van der Waals surface area (Å²) in [5.41, 5.74) is 29.3. The van der Waals surface area contributed by atoms with Gasteiger partial charge in [-0.1, -0.05) is 0 Å². The molecule has 0 saturated carbocycles. The average Bonchev–Trinajstić information content (AvgIpc) is 3.10. The molecule has 0 aliphatic carbocycles. The van der Waals surface area contributed by atoms with Gasteiger partial charge in [0.1, 0.15) is 35.6 Å². The Hall–Kier alpha value is -6.76. The highest BCUT2D eigenvalue weighted by atomic mass is 79.9. The predicted molar refractivity (Wildman–Crippen MR) is 201 cm³/mol. The second kappa shape index (κ2) is 20.2. The van der Waals surface area contributed by atoms with E-state index in [-0.39, 0.29) is 53.0 Å². The zero-order chi connectivity index (χ0) is 39.8. The van der Waals surface area contributed by atoms with Crippen molar-refractivity contribution in [2.45, 2.75) is 5.92 Å². The monoisotopic (exact) mass is 854 g/mol. The number of nitrogen functional groups attached to an aromatic ring is 4. The lowest BCUT2D eigenvalue weighted by Crippen LogP contribution is -2.24. The number of carbonyl (C=O) groups excluding carboxylic acids is 1. The normalized spacial score (nSPS) is 12.0. The molecule has 1 aliphatic heterocycles. The number of aldehydes is 1. The van der Waals surface area contributed by atoms with E-state index in [9.17, 15) is 14.9 Å². The van der Waals surface area contributed by atoms with Gasteiger partial charge in [0.2, 0.25) is 23.7 Å². The summed E-state index contributed by atoms with van der Waals surface area (Å²) in [6, 6.07) is 11.7. The Morgan fingerprint density at radius 3 is 2.00 bits per heavy atom. The number of rotatable bonds is 6. The number of hydrogen-bond acceptors (Lipinski definition) is 17. The molecule has 0 fully saturated rings. The number of aromatic nitrogens is 4. The van der Waals surface area contributed by atoms with Crippen molar-refractivity contribution in [2.75, 3.05) is 57.9 Å². The van der Waals surface area contributed by atoms with Crippen LogP contribution in [0.25, 0.3) is 4.85 Å². The number of nitrogens with two attached hydrogens (primary N) is 5. The van der Waals surface area contributed by atoms with Crippen LogP contribution in [0.3, 0.4) is 0 Å². The summed E-state index contributed by atoms with van der Waals surface area (Å²) < 4.78 is 27.6. The Kier molecular flexibility index (Phi) is 16.1. The van der Waals surface area contributed by atoms with Gasteiger partial charge in [-0.05, 0) is 61.7 Å². The van der Waals surface area contributed by atoms with E-state index in [0.29, 0.717) is 48.6 Å². The molecule has 0 radical (unpaired) electrons. The van der Waals surface area contributed by atoms with Gasteiger partial charge in [-0.3, -0.25) is 14.6 Å². The highest BCUT2D eigenvalue weighted by Crippen LogP contribution is 2.47. The Morgan fingerprint density at radius 2 is 1.53 bits per heavy atom. The van der Waals surface area contributed by atoms with E-state index in [0.717, 1.165) is 12.4 Å². The maximum Gasteiger partial charge on any atom is 0.298 e. The number of anilines is 4. The van der Waals surface area contributed by atoms with Gasteiger partial charge in [0.25, 0.3) is 12.1 Å². The summed E-state index contributed by atoms with van der Waals surface area (Å²) in [5, 5.41) is 17.2. The number of aromatic amines is 1. The highest BCUT2D eigenvalue weighted by Gasteiger charge is 2.35. The predicted octanol–water partition coefficient (Wildman–Crippen LogP) is 3.28. The lowest BCUT2D eigenvalue weighted by atomic mass is 9.84. The number of H-pyrrole nitrogens is 1. The summed E-state index contributed by atoms with van der Waals surface area (Å²) >= 11 is 6.72. The number of fused-ring (bicyclic) bond motifs is 1. The van der Waals surface area contributed by atoms with Crippen LogP contribution in [0.5, 0.6) is 28.9 Å². The Morgan fingerprint density at radius 1 is 0.925 bits per heavy atom. The molecule has 276 valence electrons. The number of benzene rings is 2. The van der Waals surface area contributed by atoms with Crippen LogP contribution < -0.4 is 57.9 Å². The standard InChI is InChI=1S/C16H15BrN6O3.C9H9BrO3.C4H6N4O.C3H2N2/c1-24-9-4-6(3-8(17)12(9)25-2)10-7(5-18)14(20)26-15-11(10)13(19)22-16(21)23-15;1-12-8-4-6(5-11)3-7(10)9(8)13-2;5-2-1-3(9)8-4(6)7-2;1-5-3-2-4/h3-4,10H,20H2,1-2H3,(H4,19,21,22,23);3-5H,1-2H3;1H,(H5,5,6,7,8,9);3H2. The van der Waals surface area contributed by atoms with E-state index >= 15 is 0 Å². The third-order valence-corrected chi connectivity index (χ3v) is 7.62. The number of hydrogen-bond donors (Lipinski definition) is 6. The van der Waals surface area contributed by atoms with Crippen molar-refractivity contribution in [1.29, 1.82) is 10.5 Å². The molecule has 1 unspecified atom stereocenters. The third-order valence-electron chi connectivity index (χ3n) is 6.44. The topological polar surface area (TPSA) is 317 Å². The minimum atomic E-state index is -0.652. The van der Waals surface area contributed by atoms with Gasteiger partial charge in [-0.15, -0.1) is 0 Å². The van der Waals surface area contributed by atoms with Gasteiger partial charge in [-0.2, -0.15) is 25.5 Å². The quantitative estimate of drug-likeness (QED) is 0.0920. The van der Waals surface area contributed by atoms with Gasteiger partial charge in [0.15, 0.2) is 23.0 Å². The lowest BCUT2D eigenvalue weighted by molar-refractivity contribution is 0.112. The number of methoxy groups -OCH3 is 4. The zero-order valence-corrected chi connectivity index (χ0v) is 31.6. The molecule has 2 aromatic carbocycles. The summed E-state index contributed by atoms with van der Waals surface area (Å²) in [4.78, 5) is 37.5. The van der Waals surface area contributed by atoms with Gasteiger partial charge >= 0.3 is 0 Å². The molecule has 21 heteroatoms. The number of halogens is 2. The molecule has 3 heterocycles. The SMILES string of the molecule is COc1cc(C2C(C#N)=C(N)Oc3nc(N)nc(N)c32)cc(Br)c1OC.COc1cc(C=O)cc(Br)c1OC.Nc1cc(=O)[nH]c(N)n1.[C-]#[N+]CC#N. The van der Waals surface area contributed by atoms with Crippen LogP contribution in [0.2, 0.25) is 0 Å². The minimum Gasteiger partial charge on any atom is -0.493 e. The molecular formula is C32H32Br2N12O7. The molecule has 4 aromatic rings. The second-order valence-corrected chi connectivity index (χ2v) is 11.4. The van der Waals surface area contributed by atoms with E-state index < -0.39 is 5.92 Å². The van der Waals surface area contributed by atoms with Gasteiger partial charge in [0, 0.05) is 11.6 Å². The molecule has 0 spiro atoms. The summed E-state index contributed by atoms with van der Waals surface area (Å²) in [7, 11) is 6.11. The molecule has 53 heavy (non-hydrogen) atoms. The smallest absolute Gasteiger partial charge is 0.298 e. The molecular weight excluding hydrogens is 824 g/mol. The first-order valence-corrected chi connectivity index (χ1v) is 15.9. The molecule has 1 atom stereocenters. The van der Waals surface area contributed by atoms with Gasteiger partial charge in [0.05, 0.1) is 48.9 Å². The minimum absolute atomic E-state index is 0.0139. The summed E-state index contributed by atoms with van der Waals surface area (Å²) in [6.07, 6.45) is 0.757. The first-order chi connectivity index (χ1) is 25.2. The summed E-state index contributed by atoms with van der Waals surface area (Å²) in [5.74, 6) is 1.72. The van der Waals surface area contributed by atoms with Crippen LogP contribution in [0, 0.1) is 29.2 Å². The first-order valence-electron chi connectivity index (χ1n) is 14.3. The molecule has 1 aliphatic rings. The number of nitriles is 2. The fourth-order valence-corrected chi connectivity index (χ4v) is 5.62. The van der Waals surface area contributed by atoms with Crippen LogP contribution in [0.1, 0.15) is 27.4 Å². The van der Waals surface area contributed by atoms with Crippen LogP contribution in [-0.2, 0) is 0 Å². The third kappa shape index (κ3) is 11.1. The highest BCUT2D eigenvalue weighted by molar-refractivity contribution is 9.11. The Labute approximate surface area is 319 Å². The van der Waals surface area contributed by atoms with Crippen LogP contribution >= 0.6 is 31.9 Å². The van der Waals surface area contributed by atoms with E-state index in [1.54, 1.807) is 37.4 Å². The number of carbonyl (C=O) groups is 1. The Bertz CT molecular complexity index is 2140. The summed E-state index contributed by atoms with van der Waals surface area (Å²) in [6.45, 7) is 5.99. The Balaban J connectivity index is 0.000000297. The van der Waals surface area contributed by atoms with Crippen molar-refractivity contribution < 1.29 is 28.5 Å². The van der Waals surface area contributed by atoms with Crippen molar-refractivity contribution in [3.63, 3.8) is 0 Å². The fourth-order valence-electron chi connectivity index (χ4n) is 4.37. The molecule has 0 bridgehead atoms. The van der Waals surface area contributed by atoms with Crippen LogP contribution in [0.15, 0.2) is 55.5 Å². The molecule has 0 amide bonds. The zero-order valence-electron chi connectivity index (χ0n) is 28.4. The van der Waals surface area contributed by atoms with E-state index in [1.807, 2.05) is 0 Å². The van der Waals surface area contributed by atoms with Crippen molar-refractivity contribution in [2.24, 2.45) is 5.73 Å². The van der Waals surface area contributed by atoms with E-state index in [4.69, 9.17) is 64.2 Å². The van der Waals surface area contributed by atoms with Gasteiger partial charge in [-0.25, -0.2) is 6.57 Å². The fraction of sp³-hybridized carbons (Fsp3) is 0.188. The second-order valence-electron chi connectivity index (χ2n) is 9.73. The van der Waals surface area contributed by atoms with Gasteiger partial charge < -0.3 is 57.2 Å². The van der Waals surface area contributed by atoms with Crippen molar-refractivity contribution in [3.8, 4) is 41.0 Å². The average molecular weight is 856 g/mol. The largest absolute Gasteiger partial charge is 0.493 e. The van der Waals surface area contributed by atoms with Crippen molar-refractivity contribution in [3.05, 3.63) is 89.2 Å². The molecule has 5 rings (SSSR count). The van der Waals surface area contributed by atoms with E-state index in [1.165, 1.54) is 21.3 Å². The maximum absolute atomic E-state index is 10.5. The number of nitrogens with one attached hydrogen (secondary N) is 1. The first kappa shape index (κ1) is 42.4. The number of nitrogens with zero attached hydrogens (tertiary/aromatic N) is 6. The molecule has 2 aromatic heterocycles. The maximum atomic E-state index is 10.5. The molecule has 11 N–H and O–H groups in total. The number of ether oxygens (including phenoxy) is 5. The van der Waals surface area contributed by atoms with Crippen molar-refractivity contribution >= 4 is 61.7 Å². The molecule has 19 nitrogen and oxygen atoms in total. The van der Waals surface area contributed by atoms with Crippen molar-refractivity contribution in [1.82, 2.24) is 19.9 Å². The van der Waals surface area contributed by atoms with Crippen LogP contribution in [-0.4, -0.2) is 61.2 Å². The molecule has 0 saturated heterocycles. The van der Waals surface area contributed by atoms with E-state index in [2.05, 4.69) is 62.7 Å². The lowest BCUT2D eigenvalue weighted by Gasteiger charge is -2.27. The number of allylic oxidation sites excluding steroid dienone is 1.